The van der Waals surface area contributed by atoms with Gasteiger partial charge in [0, 0.05) is 19.6 Å². The van der Waals surface area contributed by atoms with Crippen LogP contribution in [0.3, 0.4) is 0 Å². The molecule has 2 N–H and O–H groups in total. The second kappa shape index (κ2) is 5.69. The van der Waals surface area contributed by atoms with Gasteiger partial charge in [0.2, 0.25) is 0 Å². The van der Waals surface area contributed by atoms with E-state index < -0.39 is 12.2 Å². The van der Waals surface area contributed by atoms with Crippen molar-refractivity contribution in [1.29, 1.82) is 0 Å². The molecule has 1 fully saturated rings. The van der Waals surface area contributed by atoms with Gasteiger partial charge >= 0.3 is 0 Å². The number of aryl methyl sites for hydroxylation is 2. The van der Waals surface area contributed by atoms with Crippen LogP contribution in [0.4, 0.5) is 0 Å². The van der Waals surface area contributed by atoms with Crippen molar-refractivity contribution >= 4 is 0 Å². The molecule has 2 unspecified atom stereocenters. The lowest BCUT2D eigenvalue weighted by atomic mass is 10.1. The molecule has 1 aliphatic rings. The van der Waals surface area contributed by atoms with Gasteiger partial charge in [0.25, 0.3) is 0 Å². The van der Waals surface area contributed by atoms with Gasteiger partial charge in [-0.3, -0.25) is 4.90 Å². The van der Waals surface area contributed by atoms with Gasteiger partial charge in [0.1, 0.15) is 12.4 Å². The van der Waals surface area contributed by atoms with E-state index in [1.54, 1.807) is 0 Å². The molecule has 0 aromatic heterocycles. The fourth-order valence-electron chi connectivity index (χ4n) is 2.34. The molecule has 0 aliphatic carbocycles. The molecule has 1 heterocycles. The fourth-order valence-corrected chi connectivity index (χ4v) is 2.34. The van der Waals surface area contributed by atoms with E-state index in [-0.39, 0.29) is 0 Å². The molecule has 0 amide bonds. The van der Waals surface area contributed by atoms with Gasteiger partial charge in [0.15, 0.2) is 0 Å². The number of ether oxygens (including phenoxy) is 1. The zero-order valence-electron chi connectivity index (χ0n) is 11.0. The highest BCUT2D eigenvalue weighted by atomic mass is 16.5. The second-order valence-electron chi connectivity index (χ2n) is 5.07. The number of hydrogen-bond acceptors (Lipinski definition) is 4. The topological polar surface area (TPSA) is 52.9 Å². The summed E-state index contributed by atoms with van der Waals surface area (Å²) in [5, 5.41) is 18.8. The van der Waals surface area contributed by atoms with Crippen molar-refractivity contribution in [3.05, 3.63) is 29.3 Å². The summed E-state index contributed by atoms with van der Waals surface area (Å²) in [5.74, 6) is 0.882. The van der Waals surface area contributed by atoms with Gasteiger partial charge in [-0.15, -0.1) is 0 Å². The van der Waals surface area contributed by atoms with Crippen LogP contribution in [0, 0.1) is 13.8 Å². The maximum atomic E-state index is 9.42. The fraction of sp³-hybridized carbons (Fsp3) is 0.571. The van der Waals surface area contributed by atoms with E-state index in [9.17, 15) is 10.2 Å². The lowest BCUT2D eigenvalue weighted by Gasteiger charge is -2.15. The van der Waals surface area contributed by atoms with Crippen LogP contribution in [0.2, 0.25) is 0 Å². The summed E-state index contributed by atoms with van der Waals surface area (Å²) in [7, 11) is 0. The van der Waals surface area contributed by atoms with Crippen LogP contribution in [0.25, 0.3) is 0 Å². The number of β-amino-alcohol motifs (C(OH)–C–C–N with tert-alkyl or cyclic N) is 2. The first kappa shape index (κ1) is 13.3. The molecule has 18 heavy (non-hydrogen) atoms. The Morgan fingerprint density at radius 2 is 1.67 bits per heavy atom. The number of nitrogens with zero attached hydrogens (tertiary/aromatic N) is 1. The predicted octanol–water partition coefficient (Wildman–Crippen LogP) is 0.720. The predicted molar refractivity (Wildman–Crippen MR) is 69.9 cm³/mol. The first-order chi connectivity index (χ1) is 8.54. The van der Waals surface area contributed by atoms with Crippen LogP contribution in [-0.4, -0.2) is 53.6 Å². The highest BCUT2D eigenvalue weighted by molar-refractivity contribution is 5.32. The zero-order valence-corrected chi connectivity index (χ0v) is 11.0. The highest BCUT2D eigenvalue weighted by Crippen LogP contribution is 2.16. The Labute approximate surface area is 108 Å². The van der Waals surface area contributed by atoms with Crippen molar-refractivity contribution in [1.82, 2.24) is 4.90 Å². The molecule has 1 saturated heterocycles. The van der Waals surface area contributed by atoms with Crippen LogP contribution in [-0.2, 0) is 0 Å². The SMILES string of the molecule is Cc1cc(C)cc(OCCN2CC(O)C(O)C2)c1. The van der Waals surface area contributed by atoms with Crippen LogP contribution < -0.4 is 4.74 Å². The average Bonchev–Trinajstić information content (AvgIpc) is 2.57. The van der Waals surface area contributed by atoms with Gasteiger partial charge < -0.3 is 14.9 Å². The van der Waals surface area contributed by atoms with Gasteiger partial charge in [-0.05, 0) is 37.1 Å². The molecule has 1 aromatic rings. The van der Waals surface area contributed by atoms with Crippen molar-refractivity contribution in [2.75, 3.05) is 26.2 Å². The van der Waals surface area contributed by atoms with E-state index in [0.29, 0.717) is 19.7 Å². The molecule has 4 nitrogen and oxygen atoms in total. The van der Waals surface area contributed by atoms with Gasteiger partial charge in [-0.25, -0.2) is 0 Å². The van der Waals surface area contributed by atoms with Crippen LogP contribution in [0.15, 0.2) is 18.2 Å². The molecule has 2 rings (SSSR count). The third-order valence-electron chi connectivity index (χ3n) is 3.21. The Morgan fingerprint density at radius 3 is 2.22 bits per heavy atom. The van der Waals surface area contributed by atoms with Crippen LogP contribution >= 0.6 is 0 Å². The highest BCUT2D eigenvalue weighted by Gasteiger charge is 2.28. The van der Waals surface area contributed by atoms with Crippen LogP contribution in [0.1, 0.15) is 11.1 Å². The first-order valence-electron chi connectivity index (χ1n) is 6.34. The Hall–Kier alpha value is -1.10. The molecular formula is C14H21NO3. The number of rotatable bonds is 4. The van der Waals surface area contributed by atoms with Crippen molar-refractivity contribution in [3.63, 3.8) is 0 Å². The third kappa shape index (κ3) is 3.45. The second-order valence-corrected chi connectivity index (χ2v) is 5.07. The minimum absolute atomic E-state index is 0.525. The Bertz CT molecular complexity index is 378. The average molecular weight is 251 g/mol. The van der Waals surface area contributed by atoms with E-state index in [1.807, 2.05) is 30.9 Å². The van der Waals surface area contributed by atoms with Gasteiger partial charge in [0.05, 0.1) is 12.2 Å². The molecule has 1 aromatic carbocycles. The molecule has 0 radical (unpaired) electrons. The Balaban J connectivity index is 1.78. The standard InChI is InChI=1S/C14H21NO3/c1-10-5-11(2)7-12(6-10)18-4-3-15-8-13(16)14(17)9-15/h5-7,13-14,16-17H,3-4,8-9H2,1-2H3. The molecule has 1 aliphatic heterocycles. The Kier molecular flexibility index (Phi) is 4.22. The summed E-state index contributed by atoms with van der Waals surface area (Å²) in [5.41, 5.74) is 2.38. The summed E-state index contributed by atoms with van der Waals surface area (Å²) in [6.45, 7) is 6.44. The van der Waals surface area contributed by atoms with Gasteiger partial charge in [-0.2, -0.15) is 0 Å². The Morgan fingerprint density at radius 1 is 1.11 bits per heavy atom. The monoisotopic (exact) mass is 251 g/mol. The van der Waals surface area contributed by atoms with E-state index in [4.69, 9.17) is 4.74 Å². The molecular weight excluding hydrogens is 230 g/mol. The van der Waals surface area contributed by atoms with E-state index >= 15 is 0 Å². The van der Waals surface area contributed by atoms with Crippen LogP contribution in [0.5, 0.6) is 5.75 Å². The number of benzene rings is 1. The quantitative estimate of drug-likeness (QED) is 0.828. The third-order valence-corrected chi connectivity index (χ3v) is 3.21. The summed E-state index contributed by atoms with van der Waals surface area (Å²) in [6, 6.07) is 6.14. The van der Waals surface area contributed by atoms with E-state index in [1.165, 1.54) is 11.1 Å². The number of aliphatic hydroxyl groups is 2. The van der Waals surface area contributed by atoms with Crippen molar-refractivity contribution in [3.8, 4) is 5.75 Å². The molecule has 2 atom stereocenters. The molecule has 0 saturated carbocycles. The smallest absolute Gasteiger partial charge is 0.119 e. The van der Waals surface area contributed by atoms with E-state index in [2.05, 4.69) is 6.07 Å². The maximum Gasteiger partial charge on any atom is 0.119 e. The van der Waals surface area contributed by atoms with Crippen molar-refractivity contribution < 1.29 is 14.9 Å². The molecule has 0 spiro atoms. The zero-order chi connectivity index (χ0) is 13.1. The maximum absolute atomic E-state index is 9.42. The number of hydrogen-bond donors (Lipinski definition) is 2. The lowest BCUT2D eigenvalue weighted by Crippen LogP contribution is -2.27. The minimum Gasteiger partial charge on any atom is -0.492 e. The lowest BCUT2D eigenvalue weighted by molar-refractivity contribution is 0.0572. The summed E-state index contributed by atoms with van der Waals surface area (Å²) < 4.78 is 5.70. The summed E-state index contributed by atoms with van der Waals surface area (Å²) in [6.07, 6.45) is -1.24. The summed E-state index contributed by atoms with van der Waals surface area (Å²) in [4.78, 5) is 2.01. The van der Waals surface area contributed by atoms with Crippen molar-refractivity contribution in [2.24, 2.45) is 0 Å². The summed E-state index contributed by atoms with van der Waals surface area (Å²) >= 11 is 0. The molecule has 0 bridgehead atoms. The first-order valence-corrected chi connectivity index (χ1v) is 6.34. The number of aliphatic hydroxyl groups excluding tert-OH is 2. The number of likely N-dealkylation sites (tertiary alicyclic amines) is 1. The molecule has 4 heteroatoms. The largest absolute Gasteiger partial charge is 0.492 e. The minimum atomic E-state index is -0.619. The van der Waals surface area contributed by atoms with Crippen molar-refractivity contribution in [2.45, 2.75) is 26.1 Å². The molecule has 100 valence electrons. The normalized spacial score (nSPS) is 24.4. The van der Waals surface area contributed by atoms with E-state index in [0.717, 1.165) is 12.3 Å². The van der Waals surface area contributed by atoms with Gasteiger partial charge in [-0.1, -0.05) is 6.07 Å².